The van der Waals surface area contributed by atoms with Crippen LogP contribution in [0.15, 0.2) is 0 Å². The van der Waals surface area contributed by atoms with Gasteiger partial charge in [0.25, 0.3) is 0 Å². The summed E-state index contributed by atoms with van der Waals surface area (Å²) in [6, 6.07) is 2.33. The standard InChI is InChI=1S/C14H22N2O2/c1-2-12-11(6-9-18-12)13(17)16-14(10-15)7-4-3-5-8-14/h11-12H,2-9H2,1H3,(H,16,17). The number of ether oxygens (including phenoxy) is 1. The second kappa shape index (κ2) is 5.71. The number of amides is 1. The highest BCUT2D eigenvalue weighted by Gasteiger charge is 2.39. The van der Waals surface area contributed by atoms with Crippen LogP contribution in [0.25, 0.3) is 0 Å². The van der Waals surface area contributed by atoms with Gasteiger partial charge < -0.3 is 10.1 Å². The van der Waals surface area contributed by atoms with Gasteiger partial charge in [0.15, 0.2) is 0 Å². The van der Waals surface area contributed by atoms with Gasteiger partial charge in [0, 0.05) is 6.61 Å². The fourth-order valence-electron chi connectivity index (χ4n) is 3.10. The Bertz CT molecular complexity index is 342. The summed E-state index contributed by atoms with van der Waals surface area (Å²) < 4.78 is 5.55. The summed E-state index contributed by atoms with van der Waals surface area (Å²) in [6.45, 7) is 2.70. The summed E-state index contributed by atoms with van der Waals surface area (Å²) in [5.41, 5.74) is -0.615. The lowest BCUT2D eigenvalue weighted by Gasteiger charge is -2.33. The van der Waals surface area contributed by atoms with Crippen molar-refractivity contribution in [3.8, 4) is 6.07 Å². The number of rotatable bonds is 3. The number of hydrogen-bond acceptors (Lipinski definition) is 3. The molecule has 1 heterocycles. The van der Waals surface area contributed by atoms with E-state index in [1.165, 1.54) is 6.42 Å². The number of nitriles is 1. The van der Waals surface area contributed by atoms with Gasteiger partial charge in [-0.2, -0.15) is 5.26 Å². The van der Waals surface area contributed by atoms with E-state index < -0.39 is 5.54 Å². The summed E-state index contributed by atoms with van der Waals surface area (Å²) in [5, 5.41) is 12.4. The zero-order chi connectivity index (χ0) is 13.0. The van der Waals surface area contributed by atoms with Gasteiger partial charge in [-0.1, -0.05) is 26.2 Å². The van der Waals surface area contributed by atoms with Crippen molar-refractivity contribution in [1.82, 2.24) is 5.32 Å². The van der Waals surface area contributed by atoms with Gasteiger partial charge in [-0.3, -0.25) is 4.79 Å². The minimum Gasteiger partial charge on any atom is -0.377 e. The number of carbonyl (C=O) groups excluding carboxylic acids is 1. The maximum atomic E-state index is 12.3. The highest BCUT2D eigenvalue weighted by Crippen LogP contribution is 2.30. The molecule has 1 aliphatic carbocycles. The van der Waals surface area contributed by atoms with E-state index in [0.29, 0.717) is 6.61 Å². The summed E-state index contributed by atoms with van der Waals surface area (Å²) in [5.74, 6) is -0.0510. The van der Waals surface area contributed by atoms with Gasteiger partial charge in [-0.25, -0.2) is 0 Å². The number of hydrogen-bond donors (Lipinski definition) is 1. The highest BCUT2D eigenvalue weighted by molar-refractivity contribution is 5.80. The molecule has 2 rings (SSSR count). The molecule has 1 saturated heterocycles. The Morgan fingerprint density at radius 1 is 1.44 bits per heavy atom. The van der Waals surface area contributed by atoms with Gasteiger partial charge >= 0.3 is 0 Å². The van der Waals surface area contributed by atoms with Gasteiger partial charge in [0.1, 0.15) is 5.54 Å². The zero-order valence-corrected chi connectivity index (χ0v) is 11.1. The van der Waals surface area contributed by atoms with Crippen molar-refractivity contribution in [3.63, 3.8) is 0 Å². The largest absolute Gasteiger partial charge is 0.377 e. The van der Waals surface area contributed by atoms with E-state index in [1.807, 2.05) is 6.92 Å². The lowest BCUT2D eigenvalue weighted by molar-refractivity contribution is -0.128. The molecular formula is C14H22N2O2. The van der Waals surface area contributed by atoms with Crippen molar-refractivity contribution >= 4 is 5.91 Å². The highest BCUT2D eigenvalue weighted by atomic mass is 16.5. The maximum Gasteiger partial charge on any atom is 0.227 e. The van der Waals surface area contributed by atoms with Crippen LogP contribution in [0, 0.1) is 17.2 Å². The lowest BCUT2D eigenvalue weighted by Crippen LogP contribution is -2.51. The second-order valence-corrected chi connectivity index (χ2v) is 5.46. The van der Waals surface area contributed by atoms with Crippen LogP contribution < -0.4 is 5.32 Å². The third kappa shape index (κ3) is 2.67. The molecule has 1 N–H and O–H groups in total. The van der Waals surface area contributed by atoms with E-state index in [0.717, 1.165) is 38.5 Å². The third-order valence-corrected chi connectivity index (χ3v) is 4.23. The molecule has 1 saturated carbocycles. The first-order valence-electron chi connectivity index (χ1n) is 7.05. The van der Waals surface area contributed by atoms with Crippen molar-refractivity contribution in [3.05, 3.63) is 0 Å². The first-order chi connectivity index (χ1) is 8.71. The van der Waals surface area contributed by atoms with E-state index in [4.69, 9.17) is 4.74 Å². The van der Waals surface area contributed by atoms with Gasteiger partial charge in [-0.15, -0.1) is 0 Å². The van der Waals surface area contributed by atoms with E-state index in [9.17, 15) is 10.1 Å². The summed E-state index contributed by atoms with van der Waals surface area (Å²) in [7, 11) is 0. The van der Waals surface area contributed by atoms with E-state index in [-0.39, 0.29) is 17.9 Å². The van der Waals surface area contributed by atoms with Crippen LogP contribution >= 0.6 is 0 Å². The molecule has 0 aromatic carbocycles. The molecule has 100 valence electrons. The van der Waals surface area contributed by atoms with E-state index in [2.05, 4.69) is 11.4 Å². The topological polar surface area (TPSA) is 62.1 Å². The van der Waals surface area contributed by atoms with Crippen LogP contribution in [0.3, 0.4) is 0 Å². The predicted octanol–water partition coefficient (Wildman–Crippen LogP) is 2.14. The van der Waals surface area contributed by atoms with Crippen LogP contribution in [0.1, 0.15) is 51.9 Å². The van der Waals surface area contributed by atoms with Crippen LogP contribution in [0.5, 0.6) is 0 Å². The number of nitrogens with one attached hydrogen (secondary N) is 1. The van der Waals surface area contributed by atoms with E-state index >= 15 is 0 Å². The van der Waals surface area contributed by atoms with Crippen molar-refractivity contribution in [2.75, 3.05) is 6.61 Å². The fraction of sp³-hybridized carbons (Fsp3) is 0.857. The monoisotopic (exact) mass is 250 g/mol. The average molecular weight is 250 g/mol. The van der Waals surface area contributed by atoms with Crippen LogP contribution in [-0.4, -0.2) is 24.2 Å². The molecule has 0 aromatic heterocycles. The Hall–Kier alpha value is -1.08. The molecule has 0 spiro atoms. The van der Waals surface area contributed by atoms with Crippen LogP contribution in [0.2, 0.25) is 0 Å². The molecule has 2 unspecified atom stereocenters. The molecular weight excluding hydrogens is 228 g/mol. The predicted molar refractivity (Wildman–Crippen MR) is 67.7 cm³/mol. The van der Waals surface area contributed by atoms with E-state index in [1.54, 1.807) is 0 Å². The Labute approximate surface area is 109 Å². The lowest BCUT2D eigenvalue weighted by atomic mass is 9.82. The normalized spacial score (nSPS) is 30.7. The Morgan fingerprint density at radius 2 is 2.17 bits per heavy atom. The smallest absolute Gasteiger partial charge is 0.227 e. The fourth-order valence-corrected chi connectivity index (χ4v) is 3.10. The van der Waals surface area contributed by atoms with Crippen molar-refractivity contribution in [2.24, 2.45) is 5.92 Å². The van der Waals surface area contributed by atoms with Crippen molar-refractivity contribution in [2.45, 2.75) is 63.5 Å². The molecule has 0 bridgehead atoms. The average Bonchev–Trinajstić information content (AvgIpc) is 2.88. The quantitative estimate of drug-likeness (QED) is 0.834. The van der Waals surface area contributed by atoms with Crippen LogP contribution in [-0.2, 0) is 9.53 Å². The minimum atomic E-state index is -0.615. The molecule has 2 atom stereocenters. The zero-order valence-electron chi connectivity index (χ0n) is 11.1. The van der Waals surface area contributed by atoms with Crippen LogP contribution in [0.4, 0.5) is 0 Å². The van der Waals surface area contributed by atoms with Gasteiger partial charge in [0.2, 0.25) is 5.91 Å². The Morgan fingerprint density at radius 3 is 2.78 bits per heavy atom. The summed E-state index contributed by atoms with van der Waals surface area (Å²) in [6.07, 6.45) is 6.49. The third-order valence-electron chi connectivity index (χ3n) is 4.23. The molecule has 1 amide bonds. The molecule has 2 aliphatic rings. The molecule has 1 aliphatic heterocycles. The van der Waals surface area contributed by atoms with Gasteiger partial charge in [-0.05, 0) is 25.7 Å². The number of carbonyl (C=O) groups is 1. The molecule has 0 radical (unpaired) electrons. The second-order valence-electron chi connectivity index (χ2n) is 5.46. The SMILES string of the molecule is CCC1OCCC1C(=O)NC1(C#N)CCCCC1. The Kier molecular flexibility index (Phi) is 4.23. The molecule has 2 fully saturated rings. The molecule has 4 heteroatoms. The van der Waals surface area contributed by atoms with Crippen molar-refractivity contribution < 1.29 is 9.53 Å². The summed E-state index contributed by atoms with van der Waals surface area (Å²) >= 11 is 0. The first-order valence-corrected chi connectivity index (χ1v) is 7.05. The molecule has 18 heavy (non-hydrogen) atoms. The van der Waals surface area contributed by atoms with Crippen molar-refractivity contribution in [1.29, 1.82) is 5.26 Å². The summed E-state index contributed by atoms with van der Waals surface area (Å²) in [4.78, 5) is 12.3. The maximum absolute atomic E-state index is 12.3. The minimum absolute atomic E-state index is 0.0165. The van der Waals surface area contributed by atoms with Gasteiger partial charge in [0.05, 0.1) is 18.1 Å². The molecule has 0 aromatic rings. The first kappa shape index (κ1) is 13.4. The Balaban J connectivity index is 1.99. The molecule has 4 nitrogen and oxygen atoms in total. The number of nitrogens with zero attached hydrogens (tertiary/aromatic N) is 1.